The smallest absolute Gasteiger partial charge is 0.318 e. The molecule has 0 spiro atoms. The molecule has 2 fully saturated rings. The van der Waals surface area contributed by atoms with Gasteiger partial charge in [-0.15, -0.1) is 16.8 Å². The van der Waals surface area contributed by atoms with E-state index in [4.69, 9.17) is 16.6 Å². The summed E-state index contributed by atoms with van der Waals surface area (Å²) in [6, 6.07) is 5.72. The Kier molecular flexibility index (Phi) is 6.10. The Morgan fingerprint density at radius 2 is 2.06 bits per heavy atom. The van der Waals surface area contributed by atoms with Gasteiger partial charge in [-0.25, -0.2) is 14.2 Å². The first kappa shape index (κ1) is 21.9. The first-order chi connectivity index (χ1) is 16.1. The van der Waals surface area contributed by atoms with E-state index >= 15 is 0 Å². The van der Waals surface area contributed by atoms with Crippen LogP contribution in [0.25, 0.3) is 16.6 Å². The van der Waals surface area contributed by atoms with Gasteiger partial charge in [0.15, 0.2) is 5.65 Å². The third kappa shape index (κ3) is 4.12. The number of carbonyl (C=O) groups excluding carboxylic acids is 1. The van der Waals surface area contributed by atoms with E-state index in [9.17, 15) is 4.79 Å². The Morgan fingerprint density at radius 1 is 1.24 bits per heavy atom. The van der Waals surface area contributed by atoms with E-state index in [1.165, 1.54) is 19.3 Å². The summed E-state index contributed by atoms with van der Waals surface area (Å²) >= 11 is 6.30. The number of anilines is 1. The Morgan fingerprint density at radius 3 is 2.82 bits per heavy atom. The van der Waals surface area contributed by atoms with Crippen molar-refractivity contribution in [2.24, 2.45) is 0 Å². The van der Waals surface area contributed by atoms with Crippen molar-refractivity contribution in [2.75, 3.05) is 31.1 Å². The molecule has 5 rings (SSSR count). The predicted octanol–water partition coefficient (Wildman–Crippen LogP) is 4.38. The molecule has 2 amide bonds. The van der Waals surface area contributed by atoms with Gasteiger partial charge in [-0.3, -0.25) is 0 Å². The Balaban J connectivity index is 1.55. The second kappa shape index (κ2) is 9.17. The van der Waals surface area contributed by atoms with Crippen LogP contribution in [0.2, 0.25) is 5.02 Å². The standard InChI is InChI=1S/C24H30ClN7O/c1-3-11-26-24(33)31-13-12-30(15-16(31)2)23-27-20-14-18(25)9-10-19(20)22-29-28-21(32(22)23)17-7-5-4-6-8-17/h3,9-10,14,16-17H,1,4-8,11-13,15H2,2H3,(H,26,33). The van der Waals surface area contributed by atoms with Crippen LogP contribution in [0.3, 0.4) is 0 Å². The van der Waals surface area contributed by atoms with E-state index in [-0.39, 0.29) is 12.1 Å². The fourth-order valence-corrected chi connectivity index (χ4v) is 5.32. The van der Waals surface area contributed by atoms with Crippen LogP contribution >= 0.6 is 11.6 Å². The van der Waals surface area contributed by atoms with Crippen molar-refractivity contribution in [1.29, 1.82) is 0 Å². The fraction of sp³-hybridized carbons (Fsp3) is 0.500. The molecule has 1 aliphatic heterocycles. The van der Waals surface area contributed by atoms with Crippen LogP contribution in [-0.2, 0) is 0 Å². The molecule has 0 radical (unpaired) electrons. The number of aromatic nitrogens is 4. The van der Waals surface area contributed by atoms with Crippen molar-refractivity contribution in [3.05, 3.63) is 41.7 Å². The van der Waals surface area contributed by atoms with Crippen molar-refractivity contribution >= 4 is 40.1 Å². The molecule has 9 heteroatoms. The summed E-state index contributed by atoms with van der Waals surface area (Å²) in [6.45, 7) is 8.19. The molecule has 1 N–H and O–H groups in total. The number of urea groups is 1. The van der Waals surface area contributed by atoms with Crippen molar-refractivity contribution in [3.63, 3.8) is 0 Å². The van der Waals surface area contributed by atoms with Gasteiger partial charge in [0.2, 0.25) is 5.95 Å². The van der Waals surface area contributed by atoms with Crippen LogP contribution in [-0.4, -0.2) is 62.7 Å². The summed E-state index contributed by atoms with van der Waals surface area (Å²) in [4.78, 5) is 21.7. The number of piperazine rings is 1. The first-order valence-electron chi connectivity index (χ1n) is 11.8. The highest BCUT2D eigenvalue weighted by Gasteiger charge is 2.31. The van der Waals surface area contributed by atoms with Crippen molar-refractivity contribution < 1.29 is 4.79 Å². The van der Waals surface area contributed by atoms with E-state index in [1.54, 1.807) is 6.08 Å². The molecule has 3 aromatic rings. The van der Waals surface area contributed by atoms with E-state index in [1.807, 2.05) is 23.1 Å². The van der Waals surface area contributed by atoms with Crippen LogP contribution in [0, 0.1) is 0 Å². The number of nitrogens with zero attached hydrogens (tertiary/aromatic N) is 6. The first-order valence-corrected chi connectivity index (χ1v) is 12.2. The minimum Gasteiger partial charge on any atom is -0.338 e. The van der Waals surface area contributed by atoms with E-state index in [0.29, 0.717) is 37.1 Å². The third-order valence-corrected chi connectivity index (χ3v) is 7.08. The SMILES string of the molecule is C=CCNC(=O)N1CCN(c2nc3cc(Cl)ccc3c3nnc(C4CCCCC4)n23)CC1C. The maximum Gasteiger partial charge on any atom is 0.318 e. The molecule has 33 heavy (non-hydrogen) atoms. The summed E-state index contributed by atoms with van der Waals surface area (Å²) in [6.07, 6.45) is 7.69. The van der Waals surface area contributed by atoms with Crippen LogP contribution in [0.15, 0.2) is 30.9 Å². The summed E-state index contributed by atoms with van der Waals surface area (Å²) in [5.41, 5.74) is 1.64. The molecule has 8 nitrogen and oxygen atoms in total. The average molecular weight is 468 g/mol. The van der Waals surface area contributed by atoms with Gasteiger partial charge in [0.05, 0.1) is 5.52 Å². The molecule has 1 saturated carbocycles. The zero-order valence-corrected chi connectivity index (χ0v) is 19.8. The molecular formula is C24H30ClN7O. The number of rotatable bonds is 4. The number of amides is 2. The number of carbonyl (C=O) groups is 1. The highest BCUT2D eigenvalue weighted by Crippen LogP contribution is 2.35. The van der Waals surface area contributed by atoms with Crippen LogP contribution in [0.5, 0.6) is 0 Å². The maximum absolute atomic E-state index is 12.5. The molecule has 2 aliphatic rings. The molecule has 2 aromatic heterocycles. The zero-order valence-electron chi connectivity index (χ0n) is 19.0. The topological polar surface area (TPSA) is 78.7 Å². The highest BCUT2D eigenvalue weighted by molar-refractivity contribution is 6.31. The van der Waals surface area contributed by atoms with Gasteiger partial charge in [-0.2, -0.15) is 0 Å². The average Bonchev–Trinajstić information content (AvgIpc) is 3.27. The number of nitrogens with one attached hydrogen (secondary N) is 1. The number of hydrogen-bond acceptors (Lipinski definition) is 5. The summed E-state index contributed by atoms with van der Waals surface area (Å²) in [5.74, 6) is 2.23. The lowest BCUT2D eigenvalue weighted by molar-refractivity contribution is 0.172. The van der Waals surface area contributed by atoms with Crippen molar-refractivity contribution in [2.45, 2.75) is 51.0 Å². The molecule has 1 aliphatic carbocycles. The molecule has 3 heterocycles. The summed E-state index contributed by atoms with van der Waals surface area (Å²) in [7, 11) is 0. The van der Waals surface area contributed by atoms with Gasteiger partial charge in [0, 0.05) is 48.5 Å². The Bertz CT molecular complexity index is 1190. The lowest BCUT2D eigenvalue weighted by Gasteiger charge is -2.40. The molecule has 1 unspecified atom stereocenters. The molecule has 1 saturated heterocycles. The van der Waals surface area contributed by atoms with Gasteiger partial charge in [-0.1, -0.05) is 36.9 Å². The van der Waals surface area contributed by atoms with E-state index < -0.39 is 0 Å². The quantitative estimate of drug-likeness (QED) is 0.576. The summed E-state index contributed by atoms with van der Waals surface area (Å²) in [5, 5.41) is 13.8. The van der Waals surface area contributed by atoms with E-state index in [0.717, 1.165) is 41.2 Å². The van der Waals surface area contributed by atoms with Gasteiger partial charge >= 0.3 is 6.03 Å². The Labute approximate surface area is 198 Å². The normalized spacial score (nSPS) is 19.9. The largest absolute Gasteiger partial charge is 0.338 e. The molecule has 1 atom stereocenters. The fourth-order valence-electron chi connectivity index (χ4n) is 5.15. The highest BCUT2D eigenvalue weighted by atomic mass is 35.5. The second-order valence-corrected chi connectivity index (χ2v) is 9.53. The lowest BCUT2D eigenvalue weighted by Crippen LogP contribution is -2.57. The monoisotopic (exact) mass is 467 g/mol. The number of fused-ring (bicyclic) bond motifs is 3. The van der Waals surface area contributed by atoms with Gasteiger partial charge < -0.3 is 15.1 Å². The number of hydrogen-bond donors (Lipinski definition) is 1. The number of benzene rings is 1. The minimum atomic E-state index is -0.0577. The van der Waals surface area contributed by atoms with Gasteiger partial charge in [0.1, 0.15) is 5.82 Å². The molecule has 0 bridgehead atoms. The van der Waals surface area contributed by atoms with Gasteiger partial charge in [-0.05, 0) is 38.0 Å². The van der Waals surface area contributed by atoms with Crippen LogP contribution in [0.1, 0.15) is 50.8 Å². The Hall–Kier alpha value is -2.87. The summed E-state index contributed by atoms with van der Waals surface area (Å²) < 4.78 is 2.16. The van der Waals surface area contributed by atoms with Gasteiger partial charge in [0.25, 0.3) is 0 Å². The molecule has 1 aromatic carbocycles. The van der Waals surface area contributed by atoms with Crippen molar-refractivity contribution in [3.8, 4) is 0 Å². The maximum atomic E-state index is 12.5. The molecular weight excluding hydrogens is 438 g/mol. The van der Waals surface area contributed by atoms with E-state index in [2.05, 4.69) is 38.3 Å². The van der Waals surface area contributed by atoms with Crippen molar-refractivity contribution in [1.82, 2.24) is 29.8 Å². The minimum absolute atomic E-state index is 0.0325. The predicted molar refractivity (Wildman–Crippen MR) is 131 cm³/mol. The molecule has 174 valence electrons. The van der Waals surface area contributed by atoms with Crippen LogP contribution in [0.4, 0.5) is 10.7 Å². The van der Waals surface area contributed by atoms with Crippen LogP contribution < -0.4 is 10.2 Å². The third-order valence-electron chi connectivity index (χ3n) is 6.85. The second-order valence-electron chi connectivity index (χ2n) is 9.09. The lowest BCUT2D eigenvalue weighted by atomic mass is 9.89. The zero-order chi connectivity index (χ0) is 22.9. The number of halogens is 1.